The number of H-pyrrole nitrogens is 1. The Kier molecular flexibility index (Phi) is 3.83. The van der Waals surface area contributed by atoms with E-state index in [1.54, 1.807) is 7.11 Å². The highest BCUT2D eigenvalue weighted by Crippen LogP contribution is 2.33. The first-order valence-electron chi connectivity index (χ1n) is 5.21. The molecule has 1 heterocycles. The molecule has 0 aromatic carbocycles. The van der Waals surface area contributed by atoms with Gasteiger partial charge in [-0.25, -0.2) is 4.98 Å². The third-order valence-corrected chi connectivity index (χ3v) is 2.29. The standard InChI is InChI=1S/C11H19N3O2/c1-11(2,3)9(16-4)10-13-7(6-12)5-8(15)14-10/h5,9H,6,12H2,1-4H3,(H,13,14,15). The molecule has 0 saturated heterocycles. The van der Waals surface area contributed by atoms with Crippen LogP contribution < -0.4 is 11.3 Å². The summed E-state index contributed by atoms with van der Waals surface area (Å²) in [6.45, 7) is 6.32. The molecule has 0 fully saturated rings. The van der Waals surface area contributed by atoms with Crippen LogP contribution in [0.25, 0.3) is 0 Å². The van der Waals surface area contributed by atoms with Gasteiger partial charge in [-0.05, 0) is 5.41 Å². The molecule has 3 N–H and O–H groups in total. The summed E-state index contributed by atoms with van der Waals surface area (Å²) in [5.41, 5.74) is 5.72. The van der Waals surface area contributed by atoms with Gasteiger partial charge in [0.05, 0.1) is 5.69 Å². The zero-order valence-electron chi connectivity index (χ0n) is 10.2. The number of ether oxygens (including phenoxy) is 1. The number of methoxy groups -OCH3 is 1. The van der Waals surface area contributed by atoms with Crippen LogP contribution >= 0.6 is 0 Å². The molecular weight excluding hydrogens is 206 g/mol. The number of hydrogen-bond acceptors (Lipinski definition) is 4. The summed E-state index contributed by atoms with van der Waals surface area (Å²) < 4.78 is 5.38. The number of aromatic amines is 1. The molecular formula is C11H19N3O2. The van der Waals surface area contributed by atoms with Crippen molar-refractivity contribution in [3.05, 3.63) is 27.9 Å². The molecule has 0 bridgehead atoms. The number of hydrogen-bond donors (Lipinski definition) is 2. The minimum absolute atomic E-state index is 0.141. The lowest BCUT2D eigenvalue weighted by molar-refractivity contribution is 0.00833. The van der Waals surface area contributed by atoms with Crippen molar-refractivity contribution in [2.24, 2.45) is 11.1 Å². The monoisotopic (exact) mass is 225 g/mol. The number of nitrogens with one attached hydrogen (secondary N) is 1. The Bertz CT molecular complexity index is 406. The first kappa shape index (κ1) is 12.9. The van der Waals surface area contributed by atoms with Gasteiger partial charge in [0.25, 0.3) is 5.56 Å². The van der Waals surface area contributed by atoms with Crippen molar-refractivity contribution in [2.75, 3.05) is 7.11 Å². The molecule has 1 aromatic rings. The Balaban J connectivity index is 3.20. The minimum Gasteiger partial charge on any atom is -0.373 e. The molecule has 90 valence electrons. The third kappa shape index (κ3) is 2.90. The lowest BCUT2D eigenvalue weighted by Gasteiger charge is -2.28. The van der Waals surface area contributed by atoms with Crippen molar-refractivity contribution in [1.82, 2.24) is 9.97 Å². The van der Waals surface area contributed by atoms with E-state index in [1.807, 2.05) is 20.8 Å². The normalized spacial score (nSPS) is 13.8. The molecule has 0 aliphatic heterocycles. The van der Waals surface area contributed by atoms with Crippen molar-refractivity contribution in [3.8, 4) is 0 Å². The van der Waals surface area contributed by atoms with E-state index in [-0.39, 0.29) is 23.6 Å². The largest absolute Gasteiger partial charge is 0.373 e. The number of rotatable bonds is 3. The zero-order chi connectivity index (χ0) is 12.3. The highest BCUT2D eigenvalue weighted by Gasteiger charge is 2.28. The smallest absolute Gasteiger partial charge is 0.251 e. The summed E-state index contributed by atoms with van der Waals surface area (Å²) in [7, 11) is 1.60. The summed E-state index contributed by atoms with van der Waals surface area (Å²) in [5.74, 6) is 0.531. The van der Waals surface area contributed by atoms with Crippen molar-refractivity contribution >= 4 is 0 Å². The van der Waals surface area contributed by atoms with E-state index in [0.717, 1.165) is 0 Å². The topological polar surface area (TPSA) is 81.0 Å². The molecule has 0 spiro atoms. The molecule has 0 aliphatic rings. The second-order valence-electron chi connectivity index (χ2n) is 4.81. The SMILES string of the molecule is COC(c1nc(CN)cc(=O)[nH]1)C(C)(C)C. The molecule has 5 nitrogen and oxygen atoms in total. The van der Waals surface area contributed by atoms with Gasteiger partial charge in [0.2, 0.25) is 0 Å². The summed E-state index contributed by atoms with van der Waals surface area (Å²) >= 11 is 0. The van der Waals surface area contributed by atoms with Crippen LogP contribution in [0.1, 0.15) is 38.4 Å². The lowest BCUT2D eigenvalue weighted by Crippen LogP contribution is -2.26. The maximum absolute atomic E-state index is 11.4. The Hall–Kier alpha value is -1.20. The fourth-order valence-electron chi connectivity index (χ4n) is 1.63. The van der Waals surface area contributed by atoms with Gasteiger partial charge in [-0.1, -0.05) is 20.8 Å². The van der Waals surface area contributed by atoms with Crippen LogP contribution in [0.3, 0.4) is 0 Å². The van der Waals surface area contributed by atoms with Crippen molar-refractivity contribution in [3.63, 3.8) is 0 Å². The van der Waals surface area contributed by atoms with Gasteiger partial charge >= 0.3 is 0 Å². The number of nitrogens with zero attached hydrogens (tertiary/aromatic N) is 1. The van der Waals surface area contributed by atoms with Gasteiger partial charge in [-0.15, -0.1) is 0 Å². The molecule has 0 radical (unpaired) electrons. The van der Waals surface area contributed by atoms with E-state index in [4.69, 9.17) is 10.5 Å². The van der Waals surface area contributed by atoms with Gasteiger partial charge in [0.1, 0.15) is 11.9 Å². The second-order valence-corrected chi connectivity index (χ2v) is 4.81. The molecule has 5 heteroatoms. The molecule has 0 aliphatic carbocycles. The van der Waals surface area contributed by atoms with Crippen LogP contribution in [0.4, 0.5) is 0 Å². The summed E-state index contributed by atoms with van der Waals surface area (Å²) in [4.78, 5) is 18.4. The first-order valence-corrected chi connectivity index (χ1v) is 5.21. The predicted molar refractivity (Wildman–Crippen MR) is 62.0 cm³/mol. The van der Waals surface area contributed by atoms with E-state index < -0.39 is 0 Å². The number of aromatic nitrogens is 2. The van der Waals surface area contributed by atoms with Gasteiger partial charge in [0.15, 0.2) is 0 Å². The fourth-order valence-corrected chi connectivity index (χ4v) is 1.63. The van der Waals surface area contributed by atoms with Gasteiger partial charge < -0.3 is 15.5 Å². The molecule has 1 unspecified atom stereocenters. The first-order chi connectivity index (χ1) is 7.38. The molecule has 16 heavy (non-hydrogen) atoms. The summed E-state index contributed by atoms with van der Waals surface area (Å²) in [5, 5.41) is 0. The van der Waals surface area contributed by atoms with Gasteiger partial charge in [-0.2, -0.15) is 0 Å². The van der Waals surface area contributed by atoms with E-state index in [0.29, 0.717) is 11.5 Å². The van der Waals surface area contributed by atoms with Gasteiger partial charge in [0, 0.05) is 19.7 Å². The quantitative estimate of drug-likeness (QED) is 0.803. The average Bonchev–Trinajstić information content (AvgIpc) is 2.15. The third-order valence-electron chi connectivity index (χ3n) is 2.29. The van der Waals surface area contributed by atoms with Crippen LogP contribution in [0, 0.1) is 5.41 Å². The second kappa shape index (κ2) is 4.76. The molecule has 1 rings (SSSR count). The van der Waals surface area contributed by atoms with Crippen LogP contribution in [0.5, 0.6) is 0 Å². The highest BCUT2D eigenvalue weighted by molar-refractivity contribution is 5.06. The average molecular weight is 225 g/mol. The van der Waals surface area contributed by atoms with Crippen molar-refractivity contribution in [2.45, 2.75) is 33.4 Å². The Morgan fingerprint density at radius 3 is 2.62 bits per heavy atom. The maximum atomic E-state index is 11.4. The van der Waals surface area contributed by atoms with E-state index in [9.17, 15) is 4.79 Å². The van der Waals surface area contributed by atoms with Crippen LogP contribution in [0.15, 0.2) is 10.9 Å². The zero-order valence-corrected chi connectivity index (χ0v) is 10.2. The molecule has 1 aromatic heterocycles. The highest BCUT2D eigenvalue weighted by atomic mass is 16.5. The molecule has 0 amide bonds. The van der Waals surface area contributed by atoms with Gasteiger partial charge in [-0.3, -0.25) is 4.79 Å². The Labute approximate surface area is 95.0 Å². The molecule has 1 atom stereocenters. The van der Waals surface area contributed by atoms with Crippen LogP contribution in [0.2, 0.25) is 0 Å². The minimum atomic E-state index is -0.258. The Morgan fingerprint density at radius 1 is 1.56 bits per heavy atom. The van der Waals surface area contributed by atoms with E-state index in [2.05, 4.69) is 9.97 Å². The molecule has 0 saturated carbocycles. The summed E-state index contributed by atoms with van der Waals surface area (Å²) in [6.07, 6.45) is -0.258. The Morgan fingerprint density at radius 2 is 2.19 bits per heavy atom. The van der Waals surface area contributed by atoms with E-state index in [1.165, 1.54) is 6.07 Å². The lowest BCUT2D eigenvalue weighted by atomic mass is 9.88. The predicted octanol–water partition coefficient (Wildman–Crippen LogP) is 0.962. The van der Waals surface area contributed by atoms with E-state index >= 15 is 0 Å². The number of nitrogens with two attached hydrogens (primary N) is 1. The summed E-state index contributed by atoms with van der Waals surface area (Å²) in [6, 6.07) is 1.40. The van der Waals surface area contributed by atoms with Crippen molar-refractivity contribution < 1.29 is 4.74 Å². The van der Waals surface area contributed by atoms with Crippen LogP contribution in [-0.4, -0.2) is 17.1 Å². The van der Waals surface area contributed by atoms with Crippen LogP contribution in [-0.2, 0) is 11.3 Å². The fraction of sp³-hybridized carbons (Fsp3) is 0.636. The maximum Gasteiger partial charge on any atom is 0.251 e. The van der Waals surface area contributed by atoms with Crippen molar-refractivity contribution in [1.29, 1.82) is 0 Å².